The predicted molar refractivity (Wildman–Crippen MR) is 102 cm³/mol. The third-order valence-electron chi connectivity index (χ3n) is 4.66. The minimum absolute atomic E-state index is 0.0446. The van der Waals surface area contributed by atoms with Gasteiger partial charge in [-0.25, -0.2) is 0 Å². The van der Waals surface area contributed by atoms with Crippen molar-refractivity contribution in [1.29, 1.82) is 5.26 Å². The number of aryl methyl sites for hydroxylation is 1. The Bertz CT molecular complexity index is 1360. The fourth-order valence-electron chi connectivity index (χ4n) is 3.26. The van der Waals surface area contributed by atoms with E-state index in [0.717, 1.165) is 0 Å². The van der Waals surface area contributed by atoms with Crippen LogP contribution in [0.2, 0.25) is 0 Å². The highest BCUT2D eigenvalue weighted by Gasteiger charge is 2.21. The molecule has 0 saturated heterocycles. The van der Waals surface area contributed by atoms with Gasteiger partial charge in [-0.1, -0.05) is 0 Å². The molecule has 8 heteroatoms. The van der Waals surface area contributed by atoms with Crippen LogP contribution >= 0.6 is 0 Å². The van der Waals surface area contributed by atoms with E-state index in [1.54, 1.807) is 25.1 Å². The maximum absolute atomic E-state index is 13.1. The summed E-state index contributed by atoms with van der Waals surface area (Å²) in [5.41, 5.74) is 1.58. The monoisotopic (exact) mass is 375 g/mol. The van der Waals surface area contributed by atoms with Crippen molar-refractivity contribution in [1.82, 2.24) is 4.57 Å². The summed E-state index contributed by atoms with van der Waals surface area (Å²) in [6.45, 7) is 1.65. The molecule has 0 N–H and O–H groups in total. The van der Waals surface area contributed by atoms with Gasteiger partial charge in [0.15, 0.2) is 5.58 Å². The number of pyridine rings is 1. The third kappa shape index (κ3) is 2.41. The van der Waals surface area contributed by atoms with Gasteiger partial charge in [0.25, 0.3) is 11.2 Å². The zero-order chi connectivity index (χ0) is 20.0. The summed E-state index contributed by atoms with van der Waals surface area (Å²) in [7, 11) is 1.54. The number of fused-ring (bicyclic) bond motifs is 3. The number of methoxy groups -OCH3 is 1. The van der Waals surface area contributed by atoms with Crippen LogP contribution < -0.4 is 10.3 Å². The number of benzene rings is 2. The zero-order valence-corrected chi connectivity index (χ0v) is 14.9. The van der Waals surface area contributed by atoms with Gasteiger partial charge in [0.2, 0.25) is 0 Å². The first-order valence-electron chi connectivity index (χ1n) is 8.27. The van der Waals surface area contributed by atoms with Gasteiger partial charge in [-0.2, -0.15) is 5.26 Å². The van der Waals surface area contributed by atoms with Gasteiger partial charge >= 0.3 is 0 Å². The molecule has 2 aromatic carbocycles. The quantitative estimate of drug-likeness (QED) is 0.397. The summed E-state index contributed by atoms with van der Waals surface area (Å²) in [6, 6.07) is 12.7. The van der Waals surface area contributed by atoms with Crippen molar-refractivity contribution in [3.05, 3.63) is 74.1 Å². The molecule has 0 spiro atoms. The van der Waals surface area contributed by atoms with Crippen LogP contribution in [-0.4, -0.2) is 16.6 Å². The molecule has 28 heavy (non-hydrogen) atoms. The number of nitro benzene ring substituents is 1. The van der Waals surface area contributed by atoms with Crippen molar-refractivity contribution in [3.63, 3.8) is 0 Å². The maximum atomic E-state index is 13.1. The van der Waals surface area contributed by atoms with E-state index in [0.29, 0.717) is 39.1 Å². The van der Waals surface area contributed by atoms with E-state index in [9.17, 15) is 20.2 Å². The highest BCUT2D eigenvalue weighted by molar-refractivity contribution is 6.05. The predicted octanol–water partition coefficient (Wildman–Crippen LogP) is 3.83. The largest absolute Gasteiger partial charge is 0.497 e. The SMILES string of the molecule is COc1ccc2c(c1)oc1c(C)c(C#N)c(=O)n(-c3ccc([N+](=O)[O-])cc3)c12. The Labute approximate surface area is 157 Å². The molecule has 0 unspecified atom stereocenters. The number of hydrogen-bond acceptors (Lipinski definition) is 6. The molecule has 2 aromatic heterocycles. The average Bonchev–Trinajstić information content (AvgIpc) is 3.07. The molecule has 138 valence electrons. The lowest BCUT2D eigenvalue weighted by Gasteiger charge is -2.10. The summed E-state index contributed by atoms with van der Waals surface area (Å²) in [5.74, 6) is 0.592. The number of furan rings is 1. The van der Waals surface area contributed by atoms with Crippen molar-refractivity contribution in [2.45, 2.75) is 6.92 Å². The van der Waals surface area contributed by atoms with Crippen molar-refractivity contribution >= 4 is 27.8 Å². The van der Waals surface area contributed by atoms with Crippen LogP contribution in [-0.2, 0) is 0 Å². The van der Waals surface area contributed by atoms with Crippen LogP contribution in [0.15, 0.2) is 51.7 Å². The second kappa shape index (κ2) is 6.25. The standard InChI is InChI=1S/C20H13N3O5/c1-11-16(10-21)20(24)22(12-3-5-13(6-4-12)23(25)26)18-15-8-7-14(27-2)9-17(15)28-19(11)18/h3-9H,1-2H3. The molecule has 0 atom stereocenters. The number of nitriles is 1. The van der Waals surface area contributed by atoms with E-state index in [-0.39, 0.29) is 11.3 Å². The summed E-state index contributed by atoms with van der Waals surface area (Å²) >= 11 is 0. The van der Waals surface area contributed by atoms with E-state index in [1.807, 2.05) is 6.07 Å². The van der Waals surface area contributed by atoms with Crippen LogP contribution in [0.4, 0.5) is 5.69 Å². The van der Waals surface area contributed by atoms with Crippen LogP contribution in [0.25, 0.3) is 27.8 Å². The fraction of sp³-hybridized carbons (Fsp3) is 0.100. The number of rotatable bonds is 3. The van der Waals surface area contributed by atoms with E-state index in [2.05, 4.69) is 0 Å². The first-order chi connectivity index (χ1) is 13.5. The van der Waals surface area contributed by atoms with Crippen molar-refractivity contribution in [2.24, 2.45) is 0 Å². The van der Waals surface area contributed by atoms with Gasteiger partial charge in [0.1, 0.15) is 28.5 Å². The van der Waals surface area contributed by atoms with E-state index >= 15 is 0 Å². The lowest BCUT2D eigenvalue weighted by molar-refractivity contribution is -0.384. The molecule has 4 rings (SSSR count). The number of non-ortho nitro benzene ring substituents is 1. The Morgan fingerprint density at radius 1 is 1.21 bits per heavy atom. The smallest absolute Gasteiger partial charge is 0.274 e. The van der Waals surface area contributed by atoms with Gasteiger partial charge < -0.3 is 9.15 Å². The lowest BCUT2D eigenvalue weighted by atomic mass is 10.1. The molecule has 4 aromatic rings. The summed E-state index contributed by atoms with van der Waals surface area (Å²) in [5, 5.41) is 21.1. The molecule has 0 bridgehead atoms. The van der Waals surface area contributed by atoms with Gasteiger partial charge in [0.05, 0.1) is 12.0 Å². The van der Waals surface area contributed by atoms with Crippen LogP contribution in [0.3, 0.4) is 0 Å². The topological polar surface area (TPSA) is 111 Å². The number of hydrogen-bond donors (Lipinski definition) is 0. The molecule has 2 heterocycles. The summed E-state index contributed by atoms with van der Waals surface area (Å²) < 4.78 is 12.5. The summed E-state index contributed by atoms with van der Waals surface area (Å²) in [4.78, 5) is 23.5. The second-order valence-corrected chi connectivity index (χ2v) is 6.17. The Hall–Kier alpha value is -4.12. The normalized spacial score (nSPS) is 10.9. The highest BCUT2D eigenvalue weighted by Crippen LogP contribution is 2.34. The fourth-order valence-corrected chi connectivity index (χ4v) is 3.26. The minimum atomic E-state index is -0.516. The van der Waals surface area contributed by atoms with Crippen molar-refractivity contribution in [2.75, 3.05) is 7.11 Å². The number of aromatic nitrogens is 1. The van der Waals surface area contributed by atoms with E-state index in [4.69, 9.17) is 9.15 Å². The minimum Gasteiger partial charge on any atom is -0.497 e. The molecule has 0 aliphatic rings. The summed E-state index contributed by atoms with van der Waals surface area (Å²) in [6.07, 6.45) is 0. The molecule has 0 aliphatic heterocycles. The number of nitrogens with zero attached hydrogens (tertiary/aromatic N) is 3. The molecule has 8 nitrogen and oxygen atoms in total. The zero-order valence-electron chi connectivity index (χ0n) is 14.9. The van der Waals surface area contributed by atoms with Crippen LogP contribution in [0, 0.1) is 28.4 Å². The second-order valence-electron chi connectivity index (χ2n) is 6.17. The number of ether oxygens (including phenoxy) is 1. The molecule has 0 amide bonds. The van der Waals surface area contributed by atoms with Gasteiger partial charge in [-0.05, 0) is 31.2 Å². The maximum Gasteiger partial charge on any atom is 0.274 e. The van der Waals surface area contributed by atoms with Crippen LogP contribution in [0.1, 0.15) is 11.1 Å². The molecule has 0 aliphatic carbocycles. The molecule has 0 saturated carbocycles. The average molecular weight is 375 g/mol. The Morgan fingerprint density at radius 2 is 1.93 bits per heavy atom. The Morgan fingerprint density at radius 3 is 2.54 bits per heavy atom. The molecular weight excluding hydrogens is 362 g/mol. The molecule has 0 fully saturated rings. The van der Waals surface area contributed by atoms with E-state index in [1.165, 1.54) is 35.9 Å². The van der Waals surface area contributed by atoms with Crippen LogP contribution in [0.5, 0.6) is 5.75 Å². The lowest BCUT2D eigenvalue weighted by Crippen LogP contribution is -2.22. The van der Waals surface area contributed by atoms with Crippen molar-refractivity contribution < 1.29 is 14.1 Å². The third-order valence-corrected chi connectivity index (χ3v) is 4.66. The van der Waals surface area contributed by atoms with E-state index < -0.39 is 10.5 Å². The van der Waals surface area contributed by atoms with Gasteiger partial charge in [-0.15, -0.1) is 0 Å². The first-order valence-corrected chi connectivity index (χ1v) is 8.27. The van der Waals surface area contributed by atoms with Gasteiger partial charge in [0, 0.05) is 34.8 Å². The number of nitro groups is 1. The first kappa shape index (κ1) is 17.3. The Balaban J connectivity index is 2.16. The molecular formula is C20H13N3O5. The van der Waals surface area contributed by atoms with Gasteiger partial charge in [-0.3, -0.25) is 19.5 Å². The highest BCUT2D eigenvalue weighted by atomic mass is 16.6. The van der Waals surface area contributed by atoms with Crippen molar-refractivity contribution in [3.8, 4) is 17.5 Å². The molecule has 0 radical (unpaired) electrons. The Kier molecular flexibility index (Phi) is 3.86.